The maximum atomic E-state index is 12.3. The standard InChI is InChI=1S/C21H20N2O5/c1-26-17-4-2-3-16(11-17)23-12-15(10-21(23)25)22-20(24)8-6-14-5-7-18-19(9-14)28-13-27-18/h2-9,11,15H,10,12-13H2,1H3,(H,22,24). The summed E-state index contributed by atoms with van der Waals surface area (Å²) < 4.78 is 15.8. The van der Waals surface area contributed by atoms with Crippen LogP contribution in [0.2, 0.25) is 0 Å². The number of nitrogens with one attached hydrogen (secondary N) is 1. The Morgan fingerprint density at radius 3 is 2.93 bits per heavy atom. The second kappa shape index (κ2) is 7.64. The number of amides is 2. The highest BCUT2D eigenvalue weighted by molar-refractivity contribution is 5.98. The summed E-state index contributed by atoms with van der Waals surface area (Å²) >= 11 is 0. The van der Waals surface area contributed by atoms with Crippen LogP contribution in [0.25, 0.3) is 6.08 Å². The van der Waals surface area contributed by atoms with Gasteiger partial charge in [-0.05, 0) is 35.9 Å². The van der Waals surface area contributed by atoms with Crippen LogP contribution in [0.1, 0.15) is 12.0 Å². The molecule has 1 atom stereocenters. The number of rotatable bonds is 5. The highest BCUT2D eigenvalue weighted by Gasteiger charge is 2.31. The molecule has 28 heavy (non-hydrogen) atoms. The molecule has 1 unspecified atom stereocenters. The lowest BCUT2D eigenvalue weighted by atomic mass is 10.2. The van der Waals surface area contributed by atoms with Crippen LogP contribution in [-0.4, -0.2) is 38.3 Å². The van der Waals surface area contributed by atoms with Gasteiger partial charge in [-0.1, -0.05) is 12.1 Å². The summed E-state index contributed by atoms with van der Waals surface area (Å²) in [5.41, 5.74) is 1.59. The van der Waals surface area contributed by atoms with Gasteiger partial charge >= 0.3 is 0 Å². The molecule has 2 amide bonds. The van der Waals surface area contributed by atoms with Crippen molar-refractivity contribution in [2.24, 2.45) is 0 Å². The maximum Gasteiger partial charge on any atom is 0.244 e. The van der Waals surface area contributed by atoms with Crippen molar-refractivity contribution in [1.82, 2.24) is 5.32 Å². The lowest BCUT2D eigenvalue weighted by Gasteiger charge is -2.17. The van der Waals surface area contributed by atoms with Gasteiger partial charge in [-0.15, -0.1) is 0 Å². The number of methoxy groups -OCH3 is 1. The molecule has 0 saturated carbocycles. The number of hydrogen-bond acceptors (Lipinski definition) is 5. The van der Waals surface area contributed by atoms with Crippen LogP contribution in [0.15, 0.2) is 48.5 Å². The minimum absolute atomic E-state index is 0.0293. The number of anilines is 1. The van der Waals surface area contributed by atoms with Crippen LogP contribution >= 0.6 is 0 Å². The third kappa shape index (κ3) is 3.78. The Morgan fingerprint density at radius 1 is 1.21 bits per heavy atom. The van der Waals surface area contributed by atoms with Crippen LogP contribution in [0, 0.1) is 0 Å². The molecule has 7 heteroatoms. The van der Waals surface area contributed by atoms with Gasteiger partial charge in [-0.3, -0.25) is 9.59 Å². The first-order valence-electron chi connectivity index (χ1n) is 8.95. The number of ether oxygens (including phenoxy) is 3. The second-order valence-corrected chi connectivity index (χ2v) is 6.56. The molecule has 144 valence electrons. The van der Waals surface area contributed by atoms with Crippen molar-refractivity contribution in [2.45, 2.75) is 12.5 Å². The summed E-state index contributed by atoms with van der Waals surface area (Å²) in [5, 5.41) is 2.88. The van der Waals surface area contributed by atoms with Crippen molar-refractivity contribution in [2.75, 3.05) is 25.3 Å². The van der Waals surface area contributed by atoms with Crippen LogP contribution < -0.4 is 24.4 Å². The van der Waals surface area contributed by atoms with Gasteiger partial charge in [-0.25, -0.2) is 0 Å². The molecule has 2 heterocycles. The smallest absolute Gasteiger partial charge is 0.244 e. The minimum Gasteiger partial charge on any atom is -0.497 e. The lowest BCUT2D eigenvalue weighted by Crippen LogP contribution is -2.36. The molecule has 7 nitrogen and oxygen atoms in total. The van der Waals surface area contributed by atoms with Crippen molar-refractivity contribution in [3.05, 3.63) is 54.1 Å². The molecule has 0 aromatic heterocycles. The van der Waals surface area contributed by atoms with Crippen molar-refractivity contribution in [3.63, 3.8) is 0 Å². The summed E-state index contributed by atoms with van der Waals surface area (Å²) in [7, 11) is 1.58. The molecular formula is C21H20N2O5. The number of carbonyl (C=O) groups is 2. The Labute approximate surface area is 162 Å². The van der Waals surface area contributed by atoms with E-state index in [9.17, 15) is 9.59 Å². The predicted octanol–water partition coefficient (Wildman–Crippen LogP) is 2.36. The third-order valence-corrected chi connectivity index (χ3v) is 4.66. The average molecular weight is 380 g/mol. The molecule has 2 aliphatic heterocycles. The van der Waals surface area contributed by atoms with E-state index in [0.717, 1.165) is 11.3 Å². The Morgan fingerprint density at radius 2 is 2.07 bits per heavy atom. The third-order valence-electron chi connectivity index (χ3n) is 4.66. The molecule has 1 N–H and O–H groups in total. The average Bonchev–Trinajstić information content (AvgIpc) is 3.32. The van der Waals surface area contributed by atoms with E-state index >= 15 is 0 Å². The Balaban J connectivity index is 1.36. The molecule has 0 spiro atoms. The molecule has 1 saturated heterocycles. The van der Waals surface area contributed by atoms with Gasteiger partial charge in [0.2, 0.25) is 18.6 Å². The summed E-state index contributed by atoms with van der Waals surface area (Å²) in [6, 6.07) is 12.5. The van der Waals surface area contributed by atoms with Gasteiger partial charge in [-0.2, -0.15) is 0 Å². The van der Waals surface area contributed by atoms with E-state index in [2.05, 4.69) is 5.32 Å². The summed E-state index contributed by atoms with van der Waals surface area (Å²) in [6.07, 6.45) is 3.42. The maximum absolute atomic E-state index is 12.3. The molecule has 2 aromatic rings. The fraction of sp³-hybridized carbons (Fsp3) is 0.238. The van der Waals surface area contributed by atoms with Crippen molar-refractivity contribution in [3.8, 4) is 17.2 Å². The van der Waals surface area contributed by atoms with Gasteiger partial charge < -0.3 is 24.4 Å². The van der Waals surface area contributed by atoms with Crippen molar-refractivity contribution >= 4 is 23.6 Å². The van der Waals surface area contributed by atoms with Crippen LogP contribution in [-0.2, 0) is 9.59 Å². The molecular weight excluding hydrogens is 360 g/mol. The van der Waals surface area contributed by atoms with Crippen molar-refractivity contribution < 1.29 is 23.8 Å². The van der Waals surface area contributed by atoms with E-state index in [4.69, 9.17) is 14.2 Å². The zero-order valence-corrected chi connectivity index (χ0v) is 15.4. The monoisotopic (exact) mass is 380 g/mol. The van der Waals surface area contributed by atoms with Crippen LogP contribution in [0.3, 0.4) is 0 Å². The molecule has 1 fully saturated rings. The molecule has 2 aliphatic rings. The number of fused-ring (bicyclic) bond motifs is 1. The van der Waals surface area contributed by atoms with Gasteiger partial charge in [0, 0.05) is 30.8 Å². The SMILES string of the molecule is COc1cccc(N2CC(NC(=O)C=Cc3ccc4c(c3)OCO4)CC2=O)c1. The normalized spacial score (nSPS) is 18.0. The van der Waals surface area contributed by atoms with E-state index in [1.54, 1.807) is 18.1 Å². The van der Waals surface area contributed by atoms with Gasteiger partial charge in [0.05, 0.1) is 13.2 Å². The number of nitrogens with zero attached hydrogens (tertiary/aromatic N) is 1. The van der Waals surface area contributed by atoms with E-state index in [1.165, 1.54) is 6.08 Å². The van der Waals surface area contributed by atoms with Crippen molar-refractivity contribution in [1.29, 1.82) is 0 Å². The summed E-state index contributed by atoms with van der Waals surface area (Å²) in [5.74, 6) is 1.77. The number of hydrogen-bond donors (Lipinski definition) is 1. The Kier molecular flexibility index (Phi) is 4.89. The molecule has 0 radical (unpaired) electrons. The second-order valence-electron chi connectivity index (χ2n) is 6.56. The first kappa shape index (κ1) is 17.9. The van der Waals surface area contributed by atoms with E-state index in [0.29, 0.717) is 23.8 Å². The Bertz CT molecular complexity index is 940. The highest BCUT2D eigenvalue weighted by Crippen LogP contribution is 2.32. The molecule has 2 aromatic carbocycles. The van der Waals surface area contributed by atoms with Crippen LogP contribution in [0.4, 0.5) is 5.69 Å². The fourth-order valence-electron chi connectivity index (χ4n) is 3.27. The molecule has 0 bridgehead atoms. The van der Waals surface area contributed by atoms with E-state index in [-0.39, 0.29) is 31.1 Å². The zero-order valence-electron chi connectivity index (χ0n) is 15.4. The van der Waals surface area contributed by atoms with E-state index in [1.807, 2.05) is 42.5 Å². The molecule has 0 aliphatic carbocycles. The van der Waals surface area contributed by atoms with Gasteiger partial charge in [0.15, 0.2) is 11.5 Å². The zero-order chi connectivity index (χ0) is 19.5. The highest BCUT2D eigenvalue weighted by atomic mass is 16.7. The van der Waals surface area contributed by atoms with Crippen LogP contribution in [0.5, 0.6) is 17.2 Å². The first-order chi connectivity index (χ1) is 13.6. The van der Waals surface area contributed by atoms with Gasteiger partial charge in [0.25, 0.3) is 0 Å². The fourth-order valence-corrected chi connectivity index (χ4v) is 3.27. The van der Waals surface area contributed by atoms with E-state index < -0.39 is 0 Å². The summed E-state index contributed by atoms with van der Waals surface area (Å²) in [6.45, 7) is 0.637. The largest absolute Gasteiger partial charge is 0.497 e. The predicted molar refractivity (Wildman–Crippen MR) is 103 cm³/mol. The minimum atomic E-state index is -0.247. The Hall–Kier alpha value is -3.48. The summed E-state index contributed by atoms with van der Waals surface area (Å²) in [4.78, 5) is 26.3. The molecule has 4 rings (SSSR count). The quantitative estimate of drug-likeness (QED) is 0.806. The lowest BCUT2D eigenvalue weighted by molar-refractivity contribution is -0.117. The van der Waals surface area contributed by atoms with Gasteiger partial charge in [0.1, 0.15) is 5.75 Å². The topological polar surface area (TPSA) is 77.1 Å². The number of carbonyl (C=O) groups excluding carboxylic acids is 2. The first-order valence-corrected chi connectivity index (χ1v) is 8.95. The number of benzene rings is 2.